The van der Waals surface area contributed by atoms with Crippen LogP contribution in [-0.2, 0) is 32.5 Å². The minimum absolute atomic E-state index is 0.00777. The zero-order valence-corrected chi connectivity index (χ0v) is 57.5. The fourth-order valence-electron chi connectivity index (χ4n) is 12.7. The van der Waals surface area contributed by atoms with E-state index in [4.69, 9.17) is 37.4 Å². The van der Waals surface area contributed by atoms with Gasteiger partial charge in [-0.1, -0.05) is 120 Å². The Kier molecular flexibility index (Phi) is 21.9. The molecule has 4 amide bonds. The Morgan fingerprint density at radius 2 is 1.09 bits per heavy atom. The van der Waals surface area contributed by atoms with Gasteiger partial charge in [-0.25, -0.2) is 13.1 Å². The molecule has 496 valence electrons. The zero-order chi connectivity index (χ0) is 68.3. The molecule has 2 aliphatic carbocycles. The van der Waals surface area contributed by atoms with Crippen molar-refractivity contribution in [3.63, 3.8) is 0 Å². The number of sulfonamides is 1. The van der Waals surface area contributed by atoms with Crippen LogP contribution >= 0.6 is 23.2 Å². The van der Waals surface area contributed by atoms with Crippen molar-refractivity contribution in [1.82, 2.24) is 19.9 Å². The lowest BCUT2D eigenvalue weighted by Crippen LogP contribution is -2.47. The molecule has 3 aliphatic rings. The van der Waals surface area contributed by atoms with Crippen LogP contribution in [0.5, 0.6) is 23.0 Å². The number of nitrogens with zero attached hydrogens (tertiary/aromatic N) is 2. The van der Waals surface area contributed by atoms with Crippen LogP contribution in [0.15, 0.2) is 204 Å². The van der Waals surface area contributed by atoms with Crippen molar-refractivity contribution < 1.29 is 41.8 Å². The number of carbonyl (C=O) groups is 4. The fraction of sp³-hybridized carbons (Fsp3) is 0.237. The van der Waals surface area contributed by atoms with Crippen LogP contribution in [0.25, 0.3) is 22.3 Å². The van der Waals surface area contributed by atoms with Crippen LogP contribution in [0, 0.1) is 41.5 Å². The van der Waals surface area contributed by atoms with Gasteiger partial charge in [-0.3, -0.25) is 24.2 Å². The van der Waals surface area contributed by atoms with Crippen molar-refractivity contribution in [2.24, 2.45) is 0 Å². The molecule has 0 saturated carbocycles. The summed E-state index contributed by atoms with van der Waals surface area (Å²) in [7, 11) is -4.09. The lowest BCUT2D eigenvalue weighted by Gasteiger charge is -2.32. The van der Waals surface area contributed by atoms with Gasteiger partial charge < -0.3 is 29.7 Å². The molecule has 1 fully saturated rings. The van der Waals surface area contributed by atoms with E-state index in [1.54, 1.807) is 36.5 Å². The first-order valence-electron chi connectivity index (χ1n) is 32.6. The highest BCUT2D eigenvalue weighted by Crippen LogP contribution is 2.43. The van der Waals surface area contributed by atoms with Crippen molar-refractivity contribution in [3.05, 3.63) is 276 Å². The summed E-state index contributed by atoms with van der Waals surface area (Å²) in [5.41, 5.74) is 16.7. The van der Waals surface area contributed by atoms with E-state index in [0.717, 1.165) is 118 Å². The number of para-hydroxylation sites is 1. The Hall–Kier alpha value is -9.80. The van der Waals surface area contributed by atoms with Crippen molar-refractivity contribution in [2.45, 2.75) is 104 Å². The fourth-order valence-corrected chi connectivity index (χ4v) is 13.9. The smallest absolute Gasteiger partial charge is 0.265 e. The quantitative estimate of drug-likeness (QED) is 0.0586. The number of piperidine rings is 1. The molecule has 0 atom stereocenters. The van der Waals surface area contributed by atoms with Gasteiger partial charge in [-0.05, 0) is 232 Å². The molecule has 3 N–H and O–H groups in total. The molecule has 9 aromatic rings. The number of aromatic nitrogens is 1. The summed E-state index contributed by atoms with van der Waals surface area (Å²) in [5, 5.41) is 7.76. The Bertz CT molecular complexity index is 4590. The first-order chi connectivity index (χ1) is 46.8. The third-order valence-corrected chi connectivity index (χ3v) is 20.3. The van der Waals surface area contributed by atoms with Crippen molar-refractivity contribution in [3.8, 4) is 34.1 Å². The number of fused-ring (bicyclic) bond motifs is 2. The SMILES string of the molecule is Cc1cc(OCCCC2=C(C(=O)NC3CCN(C(=O)c4cccc(Oc5ccccc5)c4)CC3)Cc3ccccc32)cc(C)c1Cl.Cc1ccc(S(=O)(=O)NC(=O)c2cccc(NC(=O)C3=C(CCCOc4cc(C)c(Cl)c(C)c4)c4cccc(-c5cccnc5C)c4C3)c2)cc1. The summed E-state index contributed by atoms with van der Waals surface area (Å²) in [6.07, 6.45) is 7.02. The monoisotopic (exact) mass is 1350 g/mol. The predicted molar refractivity (Wildman–Crippen MR) is 384 cm³/mol. The Balaban J connectivity index is 0.000000198. The number of allylic oxidation sites excluding steroid dienone is 2. The number of anilines is 1. The number of amides is 4. The summed E-state index contributed by atoms with van der Waals surface area (Å²) < 4.78 is 45.9. The van der Waals surface area contributed by atoms with Gasteiger partial charge >= 0.3 is 0 Å². The first-order valence-corrected chi connectivity index (χ1v) is 34.8. The molecule has 0 bridgehead atoms. The van der Waals surface area contributed by atoms with Crippen molar-refractivity contribution >= 4 is 73.7 Å². The van der Waals surface area contributed by atoms with E-state index in [0.29, 0.717) is 87.4 Å². The van der Waals surface area contributed by atoms with Gasteiger partial charge in [0, 0.05) is 87.4 Å². The molecule has 12 rings (SSSR count). The van der Waals surface area contributed by atoms with Gasteiger partial charge in [0.15, 0.2) is 0 Å². The first kappa shape index (κ1) is 68.6. The third-order valence-electron chi connectivity index (χ3n) is 17.8. The summed E-state index contributed by atoms with van der Waals surface area (Å²) in [5.74, 6) is 1.78. The zero-order valence-electron chi connectivity index (χ0n) is 55.2. The second-order valence-electron chi connectivity index (χ2n) is 24.8. The third kappa shape index (κ3) is 16.7. The molecule has 2 heterocycles. The highest BCUT2D eigenvalue weighted by atomic mass is 35.5. The molecular weight excluding hydrogens is 1280 g/mol. The van der Waals surface area contributed by atoms with Gasteiger partial charge in [-0.15, -0.1) is 0 Å². The molecule has 97 heavy (non-hydrogen) atoms. The van der Waals surface area contributed by atoms with Crippen molar-refractivity contribution in [1.29, 1.82) is 0 Å². The second-order valence-corrected chi connectivity index (χ2v) is 27.2. The van der Waals surface area contributed by atoms with E-state index < -0.39 is 15.9 Å². The summed E-state index contributed by atoms with van der Waals surface area (Å²) in [6.45, 7) is 13.8. The van der Waals surface area contributed by atoms with Crippen LogP contribution < -0.4 is 29.6 Å². The van der Waals surface area contributed by atoms with Gasteiger partial charge in [0.25, 0.3) is 27.7 Å². The Morgan fingerprint density at radius 1 is 0.536 bits per heavy atom. The number of carbonyl (C=O) groups excluding carboxylic acids is 4. The average Bonchev–Trinajstić information content (AvgIpc) is 1.63. The van der Waals surface area contributed by atoms with Gasteiger partial charge in [0.05, 0.1) is 18.1 Å². The second kappa shape index (κ2) is 30.9. The lowest BCUT2D eigenvalue weighted by molar-refractivity contribution is -0.118. The maximum Gasteiger partial charge on any atom is 0.265 e. The number of likely N-dealkylation sites (tertiary alicyclic amines) is 1. The largest absolute Gasteiger partial charge is 0.494 e. The van der Waals surface area contributed by atoms with Crippen LogP contribution in [0.3, 0.4) is 0 Å². The highest BCUT2D eigenvalue weighted by molar-refractivity contribution is 7.90. The number of benzene rings is 8. The standard InChI is InChI=1S/C41H38ClN3O5S.C39H39ClN2O4/c1-25-15-17-32(18-16-25)51(48,49)45-40(46)29-9-5-10-30(23-29)44-41(47)38-24-37-34(33-13-7-19-43-28(33)4)11-6-12-35(37)36(38)14-8-20-50-31-21-26(2)39(42)27(3)22-31;1-26-22-33(23-27(2)37(26)40)45-21-9-16-35-34-15-7-6-10-28(34)25-36(35)38(43)41-30-17-19-42(20-18-30)39(44)29-11-8-14-32(24-29)46-31-12-4-3-5-13-31/h5-7,9-13,15-19,21-23H,8,14,20,24H2,1-4H3,(H,44,47)(H,45,46);3-8,10-15,22-24,30H,9,16-21,25H2,1-2H3,(H,41,43). The van der Waals surface area contributed by atoms with E-state index in [9.17, 15) is 27.6 Å². The number of rotatable bonds is 21. The molecule has 0 unspecified atom stereocenters. The molecule has 1 aromatic heterocycles. The number of ether oxygens (including phenoxy) is 3. The minimum Gasteiger partial charge on any atom is -0.494 e. The molecule has 17 heteroatoms. The Morgan fingerprint density at radius 3 is 1.75 bits per heavy atom. The molecule has 0 radical (unpaired) electrons. The van der Waals surface area contributed by atoms with E-state index >= 15 is 0 Å². The summed E-state index contributed by atoms with van der Waals surface area (Å²) in [6, 6.07) is 55.4. The van der Waals surface area contributed by atoms with Crippen LogP contribution in [0.4, 0.5) is 5.69 Å². The van der Waals surface area contributed by atoms with E-state index in [1.807, 2.05) is 156 Å². The highest BCUT2D eigenvalue weighted by Gasteiger charge is 2.32. The van der Waals surface area contributed by atoms with E-state index in [1.165, 1.54) is 29.8 Å². The maximum absolute atomic E-state index is 14.1. The van der Waals surface area contributed by atoms with Gasteiger partial charge in [0.2, 0.25) is 5.91 Å². The Labute approximate surface area is 577 Å². The summed E-state index contributed by atoms with van der Waals surface area (Å²) in [4.78, 5) is 60.5. The number of halogens is 2. The van der Waals surface area contributed by atoms with Gasteiger partial charge in [0.1, 0.15) is 23.0 Å². The minimum atomic E-state index is -4.09. The molecule has 0 spiro atoms. The molecule has 14 nitrogen and oxygen atoms in total. The number of hydrogen-bond acceptors (Lipinski definition) is 10. The molecular formula is C80H77Cl2N5O9S. The van der Waals surface area contributed by atoms with Crippen molar-refractivity contribution in [2.75, 3.05) is 31.6 Å². The normalized spacial score (nSPS) is 13.5. The van der Waals surface area contributed by atoms with Crippen LogP contribution in [0.1, 0.15) is 115 Å². The maximum atomic E-state index is 14.1. The number of pyridine rings is 1. The van der Waals surface area contributed by atoms with E-state index in [-0.39, 0.29) is 34.2 Å². The van der Waals surface area contributed by atoms with Gasteiger partial charge in [-0.2, -0.15) is 0 Å². The molecule has 1 aliphatic heterocycles. The average molecular weight is 1360 g/mol. The van der Waals surface area contributed by atoms with Crippen LogP contribution in [-0.4, -0.2) is 74.3 Å². The number of aryl methyl sites for hydroxylation is 6. The number of nitrogens with one attached hydrogen (secondary N) is 3. The predicted octanol–water partition coefficient (Wildman–Crippen LogP) is 16.9. The molecule has 8 aromatic carbocycles. The number of hydrogen-bond donors (Lipinski definition) is 3. The molecule has 1 saturated heterocycles. The lowest BCUT2D eigenvalue weighted by atomic mass is 9.93. The van der Waals surface area contributed by atoms with Crippen LogP contribution in [0.2, 0.25) is 10.0 Å². The van der Waals surface area contributed by atoms with E-state index in [2.05, 4.69) is 38.5 Å². The topological polar surface area (TPSA) is 182 Å². The summed E-state index contributed by atoms with van der Waals surface area (Å²) >= 11 is 12.7.